The smallest absolute Gasteiger partial charge is 0.257 e. The number of nitrogens with one attached hydrogen (secondary N) is 2. The summed E-state index contributed by atoms with van der Waals surface area (Å²) in [5, 5.41) is 6.12. The van der Waals surface area contributed by atoms with Crippen molar-refractivity contribution >= 4 is 17.6 Å². The molecule has 0 unspecified atom stereocenters. The van der Waals surface area contributed by atoms with E-state index in [4.69, 9.17) is 9.47 Å². The summed E-state index contributed by atoms with van der Waals surface area (Å²) in [6.45, 7) is 6.68. The van der Waals surface area contributed by atoms with Gasteiger partial charge in [0.15, 0.2) is 0 Å². The van der Waals surface area contributed by atoms with E-state index in [1.54, 1.807) is 19.2 Å². The number of hydrogen-bond acceptors (Lipinski definition) is 5. The second-order valence-electron chi connectivity index (χ2n) is 6.83. The van der Waals surface area contributed by atoms with Crippen LogP contribution in [-0.4, -0.2) is 63.3 Å². The first-order valence-corrected chi connectivity index (χ1v) is 9.78. The van der Waals surface area contributed by atoms with Gasteiger partial charge in [0, 0.05) is 25.2 Å². The number of amides is 1. The molecule has 0 radical (unpaired) electrons. The van der Waals surface area contributed by atoms with Crippen molar-refractivity contribution in [3.8, 4) is 5.75 Å². The van der Waals surface area contributed by atoms with Gasteiger partial charge in [-0.1, -0.05) is 24.3 Å². The number of guanidine groups is 1. The molecule has 7 nitrogen and oxygen atoms in total. The Balaban J connectivity index is 1.74. The minimum Gasteiger partial charge on any atom is -0.495 e. The van der Waals surface area contributed by atoms with Crippen LogP contribution in [0.15, 0.2) is 53.5 Å². The molecule has 0 bridgehead atoms. The van der Waals surface area contributed by atoms with Crippen LogP contribution in [0.4, 0.5) is 5.69 Å². The lowest BCUT2D eigenvalue weighted by Crippen LogP contribution is -2.39. The summed E-state index contributed by atoms with van der Waals surface area (Å²) >= 11 is 0. The van der Waals surface area contributed by atoms with E-state index in [1.165, 1.54) is 0 Å². The van der Waals surface area contributed by atoms with Gasteiger partial charge in [-0.05, 0) is 36.8 Å². The topological polar surface area (TPSA) is 75.2 Å². The van der Waals surface area contributed by atoms with Crippen molar-refractivity contribution in [1.82, 2.24) is 10.2 Å². The summed E-state index contributed by atoms with van der Waals surface area (Å²) in [5.74, 6) is 0.872. The number of morpholine rings is 1. The molecule has 1 aliphatic rings. The van der Waals surface area contributed by atoms with Gasteiger partial charge in [0.2, 0.25) is 5.96 Å². The number of carbonyl (C=O) groups excluding carboxylic acids is 1. The van der Waals surface area contributed by atoms with Gasteiger partial charge in [0.1, 0.15) is 5.75 Å². The zero-order valence-corrected chi connectivity index (χ0v) is 17.0. The third-order valence-electron chi connectivity index (χ3n) is 4.67. The van der Waals surface area contributed by atoms with E-state index in [0.717, 1.165) is 44.1 Å². The van der Waals surface area contributed by atoms with Crippen molar-refractivity contribution in [1.29, 1.82) is 0 Å². The molecule has 154 valence electrons. The number of methoxy groups -OCH3 is 1. The highest BCUT2D eigenvalue weighted by Crippen LogP contribution is 2.25. The summed E-state index contributed by atoms with van der Waals surface area (Å²) in [6.07, 6.45) is 0. The fourth-order valence-electron chi connectivity index (χ4n) is 3.05. The number of aliphatic imine (C=N–C) groups is 1. The highest BCUT2D eigenvalue weighted by atomic mass is 16.5. The third-order valence-corrected chi connectivity index (χ3v) is 4.67. The van der Waals surface area contributed by atoms with Gasteiger partial charge in [-0.3, -0.25) is 20.0 Å². The summed E-state index contributed by atoms with van der Waals surface area (Å²) in [6, 6.07) is 14.9. The molecule has 2 N–H and O–H groups in total. The van der Waals surface area contributed by atoms with E-state index in [2.05, 4.69) is 20.5 Å². The van der Waals surface area contributed by atoms with Crippen molar-refractivity contribution in [3.63, 3.8) is 0 Å². The first-order chi connectivity index (χ1) is 14.2. The van der Waals surface area contributed by atoms with Crippen molar-refractivity contribution in [2.24, 2.45) is 4.99 Å². The third kappa shape index (κ3) is 6.30. The Labute approximate surface area is 171 Å². The molecular formula is C22H28N4O3. The Morgan fingerprint density at radius 3 is 2.66 bits per heavy atom. The molecule has 1 fully saturated rings. The van der Waals surface area contributed by atoms with Crippen LogP contribution in [0.2, 0.25) is 0 Å². The van der Waals surface area contributed by atoms with Crippen LogP contribution < -0.4 is 15.4 Å². The molecule has 1 amide bonds. The van der Waals surface area contributed by atoms with Crippen molar-refractivity contribution in [2.75, 3.05) is 51.8 Å². The molecule has 0 spiro atoms. The Bertz CT molecular complexity index is 833. The number of nitrogens with zero attached hydrogens (tertiary/aromatic N) is 2. The fraction of sp³-hybridized carbons (Fsp3) is 0.364. The summed E-state index contributed by atoms with van der Waals surface area (Å²) in [5.41, 5.74) is 2.41. The minimum absolute atomic E-state index is 0.213. The molecule has 3 rings (SSSR count). The van der Waals surface area contributed by atoms with Gasteiger partial charge >= 0.3 is 0 Å². The molecule has 0 atom stereocenters. The number of rotatable bonds is 6. The van der Waals surface area contributed by atoms with Crippen molar-refractivity contribution in [2.45, 2.75) is 6.92 Å². The van der Waals surface area contributed by atoms with Crippen LogP contribution in [-0.2, 0) is 4.74 Å². The van der Waals surface area contributed by atoms with E-state index in [1.807, 2.05) is 43.3 Å². The predicted molar refractivity (Wildman–Crippen MR) is 115 cm³/mol. The van der Waals surface area contributed by atoms with Gasteiger partial charge < -0.3 is 14.8 Å². The van der Waals surface area contributed by atoms with E-state index in [-0.39, 0.29) is 5.91 Å². The number of benzene rings is 2. The number of ether oxygens (including phenoxy) is 2. The molecule has 2 aromatic carbocycles. The number of hydrogen-bond donors (Lipinski definition) is 2. The van der Waals surface area contributed by atoms with Crippen molar-refractivity contribution < 1.29 is 14.3 Å². The molecule has 1 heterocycles. The lowest BCUT2D eigenvalue weighted by atomic mass is 10.2. The van der Waals surface area contributed by atoms with Gasteiger partial charge in [0.05, 0.1) is 32.6 Å². The molecule has 0 aliphatic carbocycles. The Morgan fingerprint density at radius 1 is 1.17 bits per heavy atom. The van der Waals surface area contributed by atoms with Crippen LogP contribution in [0.3, 0.4) is 0 Å². The summed E-state index contributed by atoms with van der Waals surface area (Å²) in [4.78, 5) is 19.6. The molecule has 0 saturated carbocycles. The van der Waals surface area contributed by atoms with Crippen LogP contribution >= 0.6 is 0 Å². The normalized spacial score (nSPS) is 15.0. The van der Waals surface area contributed by atoms with Gasteiger partial charge in [0.25, 0.3) is 5.91 Å². The molecule has 2 aromatic rings. The van der Waals surface area contributed by atoms with E-state index in [9.17, 15) is 4.79 Å². The van der Waals surface area contributed by atoms with Crippen molar-refractivity contribution in [3.05, 3.63) is 59.7 Å². The first-order valence-electron chi connectivity index (χ1n) is 9.78. The average Bonchev–Trinajstić information content (AvgIpc) is 2.75. The highest BCUT2D eigenvalue weighted by molar-refractivity contribution is 6.10. The van der Waals surface area contributed by atoms with Crippen LogP contribution in [0.5, 0.6) is 5.75 Å². The lowest BCUT2D eigenvalue weighted by Gasteiger charge is -2.25. The molecule has 7 heteroatoms. The van der Waals surface area contributed by atoms with Gasteiger partial charge in [-0.25, -0.2) is 0 Å². The van der Waals surface area contributed by atoms with E-state index < -0.39 is 0 Å². The standard InChI is InChI=1S/C22H28N4O3/c1-17-8-9-20(28-2)19(16-17)24-22(23-10-11-26-12-14-29-15-13-26)25-21(27)18-6-4-3-5-7-18/h3-9,16H,10-15H2,1-2H3,(H2,23,24,25,27). The van der Waals surface area contributed by atoms with E-state index >= 15 is 0 Å². The predicted octanol–water partition coefficient (Wildman–Crippen LogP) is 2.53. The summed E-state index contributed by atoms with van der Waals surface area (Å²) in [7, 11) is 1.62. The molecule has 1 saturated heterocycles. The lowest BCUT2D eigenvalue weighted by molar-refractivity contribution is 0.0394. The number of anilines is 1. The molecule has 0 aromatic heterocycles. The second kappa shape index (κ2) is 10.6. The zero-order chi connectivity index (χ0) is 20.5. The highest BCUT2D eigenvalue weighted by Gasteiger charge is 2.13. The molecular weight excluding hydrogens is 368 g/mol. The zero-order valence-electron chi connectivity index (χ0n) is 17.0. The Kier molecular flexibility index (Phi) is 7.61. The SMILES string of the molecule is COc1ccc(C)cc1NC(=NCCN1CCOCC1)NC(=O)c1ccccc1. The Hall–Kier alpha value is -2.90. The van der Waals surface area contributed by atoms with Crippen LogP contribution in [0.25, 0.3) is 0 Å². The number of aryl methyl sites for hydroxylation is 1. The first kappa shape index (κ1) is 20.8. The quantitative estimate of drug-likeness (QED) is 0.580. The van der Waals surface area contributed by atoms with Crippen LogP contribution in [0, 0.1) is 6.92 Å². The van der Waals surface area contributed by atoms with E-state index in [0.29, 0.717) is 23.8 Å². The summed E-state index contributed by atoms with van der Waals surface area (Å²) < 4.78 is 10.8. The monoisotopic (exact) mass is 396 g/mol. The maximum atomic E-state index is 12.6. The largest absolute Gasteiger partial charge is 0.495 e. The molecule has 29 heavy (non-hydrogen) atoms. The maximum absolute atomic E-state index is 12.6. The van der Waals surface area contributed by atoms with Gasteiger partial charge in [-0.15, -0.1) is 0 Å². The second-order valence-corrected chi connectivity index (χ2v) is 6.83. The van der Waals surface area contributed by atoms with Gasteiger partial charge in [-0.2, -0.15) is 0 Å². The average molecular weight is 396 g/mol. The minimum atomic E-state index is -0.213. The van der Waals surface area contributed by atoms with Crippen LogP contribution in [0.1, 0.15) is 15.9 Å². The Morgan fingerprint density at radius 2 is 1.93 bits per heavy atom. The maximum Gasteiger partial charge on any atom is 0.257 e. The number of carbonyl (C=O) groups is 1. The fourth-order valence-corrected chi connectivity index (χ4v) is 3.05. The molecule has 1 aliphatic heterocycles.